The molecule has 0 aliphatic carbocycles. The summed E-state index contributed by atoms with van der Waals surface area (Å²) in [5.74, 6) is 0. The summed E-state index contributed by atoms with van der Waals surface area (Å²) in [6.45, 7) is -0.363. The molecule has 1 aliphatic heterocycles. The van der Waals surface area contributed by atoms with Crippen molar-refractivity contribution >= 4 is 0 Å². The molecule has 0 amide bonds. The van der Waals surface area contributed by atoms with Crippen molar-refractivity contribution in [2.24, 2.45) is 0 Å². The van der Waals surface area contributed by atoms with Crippen molar-refractivity contribution in [3.63, 3.8) is 0 Å². The maximum Gasteiger partial charge on any atom is 0.247 e. The zero-order valence-electron chi connectivity index (χ0n) is 8.41. The molecule has 1 aromatic heterocycles. The minimum Gasteiger partial charge on any atom is -0.394 e. The van der Waals surface area contributed by atoms with Gasteiger partial charge < -0.3 is 25.0 Å². The van der Waals surface area contributed by atoms with Crippen LogP contribution in [0.25, 0.3) is 0 Å². The van der Waals surface area contributed by atoms with Gasteiger partial charge in [-0.25, -0.2) is 0 Å². The minimum absolute atomic E-state index is 0.254. The Hall–Kier alpha value is -1.21. The Bertz CT molecular complexity index is 397. The molecule has 6 heteroatoms. The number of aromatic nitrogens is 1. The van der Waals surface area contributed by atoms with Crippen molar-refractivity contribution in [3.8, 4) is 0 Å². The molecule has 2 rings (SSSR count). The SMILES string of the molecule is O=c1ccc([C@@H]2O[C@H](CO)[C@H](O)C2O)c[nH]1. The summed E-state index contributed by atoms with van der Waals surface area (Å²) in [5.41, 5.74) is 0.303. The van der Waals surface area contributed by atoms with Gasteiger partial charge in [-0.15, -0.1) is 0 Å². The molecular formula is C10H13NO5. The number of aliphatic hydroxyl groups is 3. The van der Waals surface area contributed by atoms with Crippen LogP contribution in [0, 0.1) is 0 Å². The van der Waals surface area contributed by atoms with E-state index < -0.39 is 24.4 Å². The Kier molecular flexibility index (Phi) is 3.06. The summed E-state index contributed by atoms with van der Waals surface area (Å²) in [6, 6.07) is 2.82. The monoisotopic (exact) mass is 227 g/mol. The topological polar surface area (TPSA) is 103 Å². The van der Waals surface area contributed by atoms with E-state index in [1.54, 1.807) is 0 Å². The van der Waals surface area contributed by atoms with Crippen molar-refractivity contribution in [2.45, 2.75) is 24.4 Å². The van der Waals surface area contributed by atoms with E-state index in [2.05, 4.69) is 4.98 Å². The summed E-state index contributed by atoms with van der Waals surface area (Å²) in [7, 11) is 0. The molecule has 2 heterocycles. The lowest BCUT2D eigenvalue weighted by Crippen LogP contribution is -2.32. The van der Waals surface area contributed by atoms with E-state index in [0.29, 0.717) is 5.56 Å². The van der Waals surface area contributed by atoms with E-state index in [1.165, 1.54) is 18.3 Å². The van der Waals surface area contributed by atoms with Crippen molar-refractivity contribution in [3.05, 3.63) is 34.2 Å². The number of rotatable bonds is 2. The van der Waals surface area contributed by atoms with Crippen molar-refractivity contribution in [1.29, 1.82) is 0 Å². The smallest absolute Gasteiger partial charge is 0.247 e. The van der Waals surface area contributed by atoms with Crippen LogP contribution >= 0.6 is 0 Å². The standard InChI is InChI=1S/C10H13NO5/c12-4-6-8(14)9(15)10(16-6)5-1-2-7(13)11-3-5/h1-3,6,8-10,12,14-15H,4H2,(H,11,13)/t6-,8+,9?,10+/m1/s1. The third kappa shape index (κ3) is 1.88. The fourth-order valence-electron chi connectivity index (χ4n) is 1.77. The molecule has 0 radical (unpaired) electrons. The number of ether oxygens (including phenoxy) is 1. The molecule has 1 aliphatic rings. The fraction of sp³-hybridized carbons (Fsp3) is 0.500. The Balaban J connectivity index is 2.22. The number of H-pyrrole nitrogens is 1. The van der Waals surface area contributed by atoms with Crippen LogP contribution in [0.2, 0.25) is 0 Å². The molecule has 88 valence electrons. The van der Waals surface area contributed by atoms with Gasteiger partial charge in [0.25, 0.3) is 0 Å². The zero-order valence-corrected chi connectivity index (χ0v) is 8.41. The fourth-order valence-corrected chi connectivity index (χ4v) is 1.77. The maximum atomic E-state index is 10.9. The second kappa shape index (κ2) is 4.34. The van der Waals surface area contributed by atoms with Gasteiger partial charge in [-0.2, -0.15) is 0 Å². The van der Waals surface area contributed by atoms with Gasteiger partial charge in [0.05, 0.1) is 6.61 Å². The molecule has 0 bridgehead atoms. The summed E-state index contributed by atoms with van der Waals surface area (Å²) in [6.07, 6.45) is -2.34. The van der Waals surface area contributed by atoms with Crippen molar-refractivity contribution in [1.82, 2.24) is 4.98 Å². The summed E-state index contributed by atoms with van der Waals surface area (Å²) < 4.78 is 5.29. The van der Waals surface area contributed by atoms with Crippen LogP contribution in [-0.2, 0) is 4.74 Å². The van der Waals surface area contributed by atoms with Crippen LogP contribution < -0.4 is 5.56 Å². The predicted molar refractivity (Wildman–Crippen MR) is 53.8 cm³/mol. The highest BCUT2D eigenvalue weighted by atomic mass is 16.6. The van der Waals surface area contributed by atoms with Crippen molar-refractivity contribution < 1.29 is 20.1 Å². The van der Waals surface area contributed by atoms with Crippen LogP contribution in [0.1, 0.15) is 11.7 Å². The molecule has 1 unspecified atom stereocenters. The summed E-state index contributed by atoms with van der Waals surface area (Å²) in [5, 5.41) is 28.1. The predicted octanol–water partition coefficient (Wildman–Crippen LogP) is -1.47. The van der Waals surface area contributed by atoms with Gasteiger partial charge in [-0.05, 0) is 11.6 Å². The quantitative estimate of drug-likeness (QED) is 0.494. The van der Waals surface area contributed by atoms with E-state index in [-0.39, 0.29) is 12.2 Å². The Morgan fingerprint density at radius 1 is 1.31 bits per heavy atom. The summed E-state index contributed by atoms with van der Waals surface area (Å²) >= 11 is 0. The first-order valence-electron chi connectivity index (χ1n) is 4.94. The summed E-state index contributed by atoms with van der Waals surface area (Å²) in [4.78, 5) is 13.3. The highest BCUT2D eigenvalue weighted by molar-refractivity contribution is 5.16. The number of hydrogen-bond donors (Lipinski definition) is 4. The van der Waals surface area contributed by atoms with Crippen LogP contribution in [0.5, 0.6) is 0 Å². The number of aromatic amines is 1. The van der Waals surface area contributed by atoms with Crippen LogP contribution in [0.15, 0.2) is 23.1 Å². The third-order valence-corrected chi connectivity index (χ3v) is 2.68. The lowest BCUT2D eigenvalue weighted by atomic mass is 10.0. The molecule has 1 saturated heterocycles. The van der Waals surface area contributed by atoms with E-state index in [1.807, 2.05) is 0 Å². The van der Waals surface area contributed by atoms with E-state index in [9.17, 15) is 15.0 Å². The Labute approximate surface area is 91.1 Å². The lowest BCUT2D eigenvalue weighted by Gasteiger charge is -2.14. The van der Waals surface area contributed by atoms with Gasteiger partial charge in [0.2, 0.25) is 5.56 Å². The van der Waals surface area contributed by atoms with Gasteiger partial charge in [0.15, 0.2) is 0 Å². The first-order valence-corrected chi connectivity index (χ1v) is 4.94. The van der Waals surface area contributed by atoms with Crippen LogP contribution in [0.4, 0.5) is 0 Å². The number of hydrogen-bond acceptors (Lipinski definition) is 5. The van der Waals surface area contributed by atoms with Crippen LogP contribution in [0.3, 0.4) is 0 Å². The molecule has 16 heavy (non-hydrogen) atoms. The first kappa shape index (κ1) is 11.3. The lowest BCUT2D eigenvalue weighted by molar-refractivity contribution is -0.0228. The average Bonchev–Trinajstić information content (AvgIpc) is 2.57. The van der Waals surface area contributed by atoms with E-state index in [4.69, 9.17) is 9.84 Å². The van der Waals surface area contributed by atoms with Gasteiger partial charge in [-0.3, -0.25) is 4.79 Å². The molecule has 1 fully saturated rings. The van der Waals surface area contributed by atoms with Gasteiger partial charge in [0, 0.05) is 12.3 Å². The number of pyridine rings is 1. The first-order chi connectivity index (χ1) is 7.63. The molecular weight excluding hydrogens is 214 g/mol. The highest BCUT2D eigenvalue weighted by Gasteiger charge is 2.42. The van der Waals surface area contributed by atoms with Crippen LogP contribution in [-0.4, -0.2) is 45.2 Å². The zero-order chi connectivity index (χ0) is 11.7. The van der Waals surface area contributed by atoms with Gasteiger partial charge in [0.1, 0.15) is 24.4 Å². The van der Waals surface area contributed by atoms with Gasteiger partial charge >= 0.3 is 0 Å². The Morgan fingerprint density at radius 2 is 2.06 bits per heavy atom. The Morgan fingerprint density at radius 3 is 2.56 bits per heavy atom. The number of aliphatic hydroxyl groups excluding tert-OH is 3. The molecule has 6 nitrogen and oxygen atoms in total. The molecule has 0 saturated carbocycles. The second-order valence-electron chi connectivity index (χ2n) is 3.75. The maximum absolute atomic E-state index is 10.9. The normalized spacial score (nSPS) is 34.2. The average molecular weight is 227 g/mol. The number of nitrogens with one attached hydrogen (secondary N) is 1. The van der Waals surface area contributed by atoms with Gasteiger partial charge in [-0.1, -0.05) is 0 Å². The van der Waals surface area contributed by atoms with E-state index in [0.717, 1.165) is 0 Å². The third-order valence-electron chi connectivity index (χ3n) is 2.68. The molecule has 4 atom stereocenters. The second-order valence-corrected chi connectivity index (χ2v) is 3.75. The molecule has 1 aromatic rings. The molecule has 4 N–H and O–H groups in total. The van der Waals surface area contributed by atoms with E-state index >= 15 is 0 Å². The highest BCUT2D eigenvalue weighted by Crippen LogP contribution is 2.32. The molecule has 0 spiro atoms. The molecule has 0 aromatic carbocycles. The van der Waals surface area contributed by atoms with Crippen molar-refractivity contribution in [2.75, 3.05) is 6.61 Å². The largest absolute Gasteiger partial charge is 0.394 e. The minimum atomic E-state index is -1.12.